The summed E-state index contributed by atoms with van der Waals surface area (Å²) in [5, 5.41) is 2.84. The Balaban J connectivity index is 1.50. The van der Waals surface area contributed by atoms with E-state index < -0.39 is 22.0 Å². The Morgan fingerprint density at radius 1 is 1.00 bits per heavy atom. The van der Waals surface area contributed by atoms with Gasteiger partial charge < -0.3 is 19.7 Å². The van der Waals surface area contributed by atoms with Crippen molar-refractivity contribution in [3.05, 3.63) is 42.5 Å². The molecule has 0 aliphatic carbocycles. The Morgan fingerprint density at radius 3 is 2.31 bits per heavy atom. The predicted molar refractivity (Wildman–Crippen MR) is 125 cm³/mol. The van der Waals surface area contributed by atoms with Crippen LogP contribution in [-0.4, -0.2) is 52.9 Å². The predicted octanol–water partition coefficient (Wildman–Crippen LogP) is 3.24. The van der Waals surface area contributed by atoms with Gasteiger partial charge in [0.1, 0.15) is 19.3 Å². The first-order valence-corrected chi connectivity index (χ1v) is 12.7. The molecule has 8 nitrogen and oxygen atoms in total. The summed E-state index contributed by atoms with van der Waals surface area (Å²) in [5.74, 6) is 0.596. The largest absolute Gasteiger partial charge is 0.486 e. The van der Waals surface area contributed by atoms with E-state index in [1.807, 2.05) is 24.3 Å². The van der Waals surface area contributed by atoms with Crippen molar-refractivity contribution in [1.82, 2.24) is 0 Å². The Kier molecular flexibility index (Phi) is 6.45. The van der Waals surface area contributed by atoms with Gasteiger partial charge >= 0.3 is 0 Å². The van der Waals surface area contributed by atoms with Crippen molar-refractivity contribution >= 4 is 33.0 Å². The first-order valence-electron chi connectivity index (χ1n) is 10.9. The van der Waals surface area contributed by atoms with Crippen molar-refractivity contribution in [2.75, 3.05) is 47.1 Å². The lowest BCUT2D eigenvalue weighted by atomic mass is 10.1. The van der Waals surface area contributed by atoms with E-state index in [-0.39, 0.29) is 0 Å². The third kappa shape index (κ3) is 4.93. The summed E-state index contributed by atoms with van der Waals surface area (Å²) in [4.78, 5) is 15.3. The van der Waals surface area contributed by atoms with E-state index in [2.05, 4.69) is 10.2 Å². The van der Waals surface area contributed by atoms with Crippen LogP contribution in [0.15, 0.2) is 42.5 Å². The summed E-state index contributed by atoms with van der Waals surface area (Å²) >= 11 is 0. The van der Waals surface area contributed by atoms with Crippen molar-refractivity contribution in [3.8, 4) is 11.5 Å². The van der Waals surface area contributed by atoms with E-state index in [0.29, 0.717) is 36.1 Å². The Labute approximate surface area is 189 Å². The normalized spacial score (nSPS) is 16.9. The summed E-state index contributed by atoms with van der Waals surface area (Å²) in [7, 11) is -3.73. The first-order chi connectivity index (χ1) is 15.3. The van der Waals surface area contributed by atoms with Crippen LogP contribution < -0.4 is 24.0 Å². The number of piperidine rings is 1. The molecule has 32 heavy (non-hydrogen) atoms. The van der Waals surface area contributed by atoms with Crippen molar-refractivity contribution in [2.45, 2.75) is 32.2 Å². The number of carbonyl (C=O) groups is 1. The number of amides is 1. The summed E-state index contributed by atoms with van der Waals surface area (Å²) in [5.41, 5.74) is 2.10. The van der Waals surface area contributed by atoms with Crippen molar-refractivity contribution in [3.63, 3.8) is 0 Å². The number of hydrogen-bond donors (Lipinski definition) is 1. The highest BCUT2D eigenvalue weighted by molar-refractivity contribution is 7.92. The van der Waals surface area contributed by atoms with Gasteiger partial charge in [-0.05, 0) is 62.6 Å². The molecule has 1 N–H and O–H groups in total. The van der Waals surface area contributed by atoms with Gasteiger partial charge in [0.25, 0.3) is 0 Å². The van der Waals surface area contributed by atoms with E-state index in [1.54, 1.807) is 25.1 Å². The van der Waals surface area contributed by atoms with E-state index in [1.165, 1.54) is 19.3 Å². The minimum Gasteiger partial charge on any atom is -0.486 e. The fourth-order valence-electron chi connectivity index (χ4n) is 4.13. The quantitative estimate of drug-likeness (QED) is 0.714. The molecule has 0 unspecified atom stereocenters. The van der Waals surface area contributed by atoms with Gasteiger partial charge in [0.05, 0.1) is 11.9 Å². The molecule has 0 aromatic heterocycles. The molecular weight excluding hydrogens is 430 g/mol. The Hall–Kier alpha value is -2.94. The molecule has 0 saturated carbocycles. The number of sulfonamides is 1. The zero-order valence-corrected chi connectivity index (χ0v) is 19.2. The minimum atomic E-state index is -3.73. The summed E-state index contributed by atoms with van der Waals surface area (Å²) in [6.07, 6.45) is 4.73. The van der Waals surface area contributed by atoms with Gasteiger partial charge in [0.15, 0.2) is 11.5 Å². The SMILES string of the molecule is C[C@@H](C(=O)Nc1ccc(N2CCCCC2)cc1)N(c1ccc2c(c1)OCCO2)S(C)(=O)=O. The number of nitrogens with zero attached hydrogens (tertiary/aromatic N) is 2. The second-order valence-electron chi connectivity index (χ2n) is 8.15. The molecule has 2 aliphatic heterocycles. The number of benzene rings is 2. The lowest BCUT2D eigenvalue weighted by Gasteiger charge is -2.30. The molecule has 1 saturated heterocycles. The molecule has 9 heteroatoms. The third-order valence-electron chi connectivity index (χ3n) is 5.72. The highest BCUT2D eigenvalue weighted by atomic mass is 32.2. The monoisotopic (exact) mass is 459 g/mol. The number of hydrogen-bond acceptors (Lipinski definition) is 6. The molecule has 172 valence electrons. The topological polar surface area (TPSA) is 88.2 Å². The van der Waals surface area contributed by atoms with Gasteiger partial charge in [-0.3, -0.25) is 9.10 Å². The maximum Gasteiger partial charge on any atom is 0.247 e. The lowest BCUT2D eigenvalue weighted by molar-refractivity contribution is -0.116. The molecule has 0 bridgehead atoms. The summed E-state index contributed by atoms with van der Waals surface area (Å²) < 4.78 is 37.4. The average molecular weight is 460 g/mol. The zero-order valence-electron chi connectivity index (χ0n) is 18.4. The van der Waals surface area contributed by atoms with Crippen LogP contribution in [0.3, 0.4) is 0 Å². The van der Waals surface area contributed by atoms with Crippen LogP contribution >= 0.6 is 0 Å². The molecule has 1 atom stereocenters. The molecule has 4 rings (SSSR count). The molecule has 2 heterocycles. The van der Waals surface area contributed by atoms with E-state index >= 15 is 0 Å². The van der Waals surface area contributed by atoms with Gasteiger partial charge in [-0.2, -0.15) is 0 Å². The van der Waals surface area contributed by atoms with Crippen LogP contribution in [0.5, 0.6) is 11.5 Å². The molecule has 2 aromatic rings. The van der Waals surface area contributed by atoms with Gasteiger partial charge in [-0.1, -0.05) is 0 Å². The third-order valence-corrected chi connectivity index (χ3v) is 6.97. The molecule has 2 aliphatic rings. The van der Waals surface area contributed by atoms with Crippen LogP contribution in [0.1, 0.15) is 26.2 Å². The number of ether oxygens (including phenoxy) is 2. The molecule has 2 aromatic carbocycles. The van der Waals surface area contributed by atoms with Gasteiger partial charge in [0.2, 0.25) is 15.9 Å². The van der Waals surface area contributed by atoms with Gasteiger partial charge in [0, 0.05) is 30.5 Å². The molecular formula is C23H29N3O5S. The van der Waals surface area contributed by atoms with Crippen LogP contribution in [-0.2, 0) is 14.8 Å². The first kappa shape index (κ1) is 22.3. The summed E-state index contributed by atoms with van der Waals surface area (Å²) in [6, 6.07) is 11.6. The highest BCUT2D eigenvalue weighted by Crippen LogP contribution is 2.35. The van der Waals surface area contributed by atoms with Crippen molar-refractivity contribution < 1.29 is 22.7 Å². The maximum atomic E-state index is 13.0. The second kappa shape index (κ2) is 9.28. The summed E-state index contributed by atoms with van der Waals surface area (Å²) in [6.45, 7) is 4.48. The lowest BCUT2D eigenvalue weighted by Crippen LogP contribution is -2.45. The number of anilines is 3. The molecule has 0 radical (unpaired) electrons. The fraction of sp³-hybridized carbons (Fsp3) is 0.435. The maximum absolute atomic E-state index is 13.0. The number of fused-ring (bicyclic) bond motifs is 1. The fourth-order valence-corrected chi connectivity index (χ4v) is 5.30. The van der Waals surface area contributed by atoms with Crippen molar-refractivity contribution in [2.24, 2.45) is 0 Å². The Bertz CT molecular complexity index is 1070. The highest BCUT2D eigenvalue weighted by Gasteiger charge is 2.30. The molecule has 1 fully saturated rings. The molecule has 1 amide bonds. The van der Waals surface area contributed by atoms with Crippen LogP contribution in [0.2, 0.25) is 0 Å². The van der Waals surface area contributed by atoms with Gasteiger partial charge in [-0.15, -0.1) is 0 Å². The van der Waals surface area contributed by atoms with Crippen LogP contribution in [0, 0.1) is 0 Å². The number of carbonyl (C=O) groups excluding carboxylic acids is 1. The standard InChI is InChI=1S/C23H29N3O5S/c1-17(23(27)24-18-6-8-19(9-7-18)25-12-4-3-5-13-25)26(32(2,28)29)20-10-11-21-22(16-20)31-15-14-30-21/h6-11,16-17H,3-5,12-15H2,1-2H3,(H,24,27)/t17-/m0/s1. The van der Waals surface area contributed by atoms with Crippen LogP contribution in [0.4, 0.5) is 17.1 Å². The van der Waals surface area contributed by atoms with E-state index in [9.17, 15) is 13.2 Å². The van der Waals surface area contributed by atoms with E-state index in [0.717, 1.165) is 29.3 Å². The average Bonchev–Trinajstić information content (AvgIpc) is 2.79. The minimum absolute atomic E-state index is 0.347. The number of rotatable bonds is 6. The van der Waals surface area contributed by atoms with Gasteiger partial charge in [-0.25, -0.2) is 8.42 Å². The van der Waals surface area contributed by atoms with Crippen molar-refractivity contribution in [1.29, 1.82) is 0 Å². The van der Waals surface area contributed by atoms with Crippen LogP contribution in [0.25, 0.3) is 0 Å². The molecule has 0 spiro atoms. The second-order valence-corrected chi connectivity index (χ2v) is 10.0. The van der Waals surface area contributed by atoms with E-state index in [4.69, 9.17) is 9.47 Å². The number of nitrogens with one attached hydrogen (secondary N) is 1. The zero-order chi connectivity index (χ0) is 22.7. The smallest absolute Gasteiger partial charge is 0.247 e. The Morgan fingerprint density at radius 2 is 1.66 bits per heavy atom.